The zero-order chi connectivity index (χ0) is 18.5. The van der Waals surface area contributed by atoms with Crippen molar-refractivity contribution in [2.45, 2.75) is 80.1 Å². The maximum absolute atomic E-state index is 11.5. The molecule has 0 saturated heterocycles. The Morgan fingerprint density at radius 3 is 1.96 bits per heavy atom. The molecule has 0 saturated carbocycles. The van der Waals surface area contributed by atoms with Gasteiger partial charge >= 0.3 is 5.97 Å². The maximum atomic E-state index is 11.5. The number of nitrogens with zero attached hydrogens (tertiary/aromatic N) is 1. The van der Waals surface area contributed by atoms with Crippen molar-refractivity contribution >= 4 is 11.9 Å². The van der Waals surface area contributed by atoms with E-state index in [1.165, 1.54) is 12.8 Å². The monoisotopic (exact) mass is 329 g/mol. The Labute approximate surface area is 144 Å². The third-order valence-electron chi connectivity index (χ3n) is 4.14. The third kappa shape index (κ3) is 12.1. The Balaban J connectivity index is 0. The van der Waals surface area contributed by atoms with Crippen molar-refractivity contribution < 1.29 is 14.3 Å². The van der Waals surface area contributed by atoms with E-state index in [1.54, 1.807) is 19.0 Å². The van der Waals surface area contributed by atoms with Gasteiger partial charge in [-0.2, -0.15) is 0 Å². The number of ether oxygens (including phenoxy) is 1. The molecule has 0 spiro atoms. The summed E-state index contributed by atoms with van der Waals surface area (Å²) in [5.41, 5.74) is -0.315. The van der Waals surface area contributed by atoms with Crippen LogP contribution >= 0.6 is 0 Å². The van der Waals surface area contributed by atoms with E-state index in [-0.39, 0.29) is 23.2 Å². The van der Waals surface area contributed by atoms with Crippen LogP contribution in [0.4, 0.5) is 0 Å². The lowest BCUT2D eigenvalue weighted by atomic mass is 9.91. The predicted octanol–water partition coefficient (Wildman–Crippen LogP) is 4.67. The zero-order valence-corrected chi connectivity index (χ0v) is 16.7. The molecule has 4 nitrogen and oxygen atoms in total. The molecule has 0 aromatic rings. The third-order valence-corrected chi connectivity index (χ3v) is 4.14. The summed E-state index contributed by atoms with van der Waals surface area (Å²) in [6, 6.07) is 0. The van der Waals surface area contributed by atoms with Crippen LogP contribution in [0.5, 0.6) is 0 Å². The molecular weight excluding hydrogens is 290 g/mol. The topological polar surface area (TPSA) is 46.6 Å². The van der Waals surface area contributed by atoms with E-state index in [2.05, 4.69) is 6.92 Å². The van der Waals surface area contributed by atoms with Gasteiger partial charge < -0.3 is 9.64 Å². The summed E-state index contributed by atoms with van der Waals surface area (Å²) >= 11 is 0. The van der Waals surface area contributed by atoms with Gasteiger partial charge in [-0.15, -0.1) is 0 Å². The van der Waals surface area contributed by atoms with Gasteiger partial charge in [0.05, 0.1) is 12.0 Å². The Morgan fingerprint density at radius 1 is 1.04 bits per heavy atom. The number of carbonyl (C=O) groups excluding carboxylic acids is 2. The molecule has 0 aromatic heterocycles. The normalized spacial score (nSPS) is 12.0. The molecule has 0 heterocycles. The second-order valence-corrected chi connectivity index (χ2v) is 6.98. The van der Waals surface area contributed by atoms with E-state index in [1.807, 2.05) is 34.6 Å². The highest BCUT2D eigenvalue weighted by molar-refractivity contribution is 5.77. The summed E-state index contributed by atoms with van der Waals surface area (Å²) in [4.78, 5) is 24.1. The minimum absolute atomic E-state index is 0.0588. The average Bonchev–Trinajstić information content (AvgIpc) is 2.53. The minimum atomic E-state index is -0.315. The summed E-state index contributed by atoms with van der Waals surface area (Å²) < 4.78 is 5.21. The van der Waals surface area contributed by atoms with Gasteiger partial charge in [-0.05, 0) is 33.1 Å². The highest BCUT2D eigenvalue weighted by Crippen LogP contribution is 2.21. The first-order valence-electron chi connectivity index (χ1n) is 9.02. The number of unbranched alkanes of at least 4 members (excludes halogenated alkanes) is 3. The second kappa shape index (κ2) is 13.4. The van der Waals surface area contributed by atoms with Gasteiger partial charge in [-0.1, -0.05) is 47.0 Å². The Kier molecular flexibility index (Phi) is 14.1. The average molecular weight is 330 g/mol. The molecule has 0 aliphatic heterocycles. The lowest BCUT2D eigenvalue weighted by Crippen LogP contribution is -2.27. The highest BCUT2D eigenvalue weighted by Gasteiger charge is 2.26. The van der Waals surface area contributed by atoms with Crippen molar-refractivity contribution in [1.29, 1.82) is 0 Å². The van der Waals surface area contributed by atoms with Crippen LogP contribution < -0.4 is 0 Å². The van der Waals surface area contributed by atoms with E-state index < -0.39 is 0 Å². The molecule has 1 unspecified atom stereocenters. The van der Waals surface area contributed by atoms with Crippen LogP contribution in [0, 0.1) is 11.3 Å². The van der Waals surface area contributed by atoms with Gasteiger partial charge in [0.1, 0.15) is 0 Å². The molecule has 0 N–H and O–H groups in total. The smallest absolute Gasteiger partial charge is 0.311 e. The van der Waals surface area contributed by atoms with Crippen LogP contribution in [-0.4, -0.2) is 37.5 Å². The predicted molar refractivity (Wildman–Crippen MR) is 97.3 cm³/mol. The Hall–Kier alpha value is -1.06. The van der Waals surface area contributed by atoms with Crippen molar-refractivity contribution in [3.63, 3.8) is 0 Å². The molecule has 0 aromatic carbocycles. The van der Waals surface area contributed by atoms with Crippen molar-refractivity contribution in [1.82, 2.24) is 4.90 Å². The maximum Gasteiger partial charge on any atom is 0.311 e. The summed E-state index contributed by atoms with van der Waals surface area (Å²) in [5, 5.41) is 0. The first kappa shape index (κ1) is 24.2. The second-order valence-electron chi connectivity index (χ2n) is 6.98. The molecule has 138 valence electrons. The van der Waals surface area contributed by atoms with Gasteiger partial charge in [0.2, 0.25) is 5.91 Å². The summed E-state index contributed by atoms with van der Waals surface area (Å²) in [5.74, 6) is 0.342. The fourth-order valence-corrected chi connectivity index (χ4v) is 1.65. The molecule has 0 rings (SSSR count). The zero-order valence-electron chi connectivity index (χ0n) is 16.7. The lowest BCUT2D eigenvalue weighted by Gasteiger charge is -2.20. The molecule has 23 heavy (non-hydrogen) atoms. The fraction of sp³-hybridized carbons (Fsp3) is 0.895. The first-order valence-corrected chi connectivity index (χ1v) is 9.02. The number of rotatable bonds is 9. The molecule has 0 radical (unpaired) electrons. The van der Waals surface area contributed by atoms with Crippen molar-refractivity contribution in [2.75, 3.05) is 20.7 Å². The van der Waals surface area contributed by atoms with E-state index in [0.717, 1.165) is 25.7 Å². The first-order chi connectivity index (χ1) is 10.6. The van der Waals surface area contributed by atoms with E-state index in [0.29, 0.717) is 6.61 Å². The van der Waals surface area contributed by atoms with Gasteiger partial charge in [0.15, 0.2) is 0 Å². The van der Waals surface area contributed by atoms with Crippen LogP contribution in [-0.2, 0) is 14.3 Å². The van der Waals surface area contributed by atoms with Gasteiger partial charge in [-0.3, -0.25) is 9.59 Å². The van der Waals surface area contributed by atoms with Crippen molar-refractivity contribution in [2.24, 2.45) is 11.3 Å². The van der Waals surface area contributed by atoms with Gasteiger partial charge in [-0.25, -0.2) is 0 Å². The van der Waals surface area contributed by atoms with Crippen LogP contribution in [0.1, 0.15) is 80.1 Å². The summed E-state index contributed by atoms with van der Waals surface area (Å²) in [7, 11) is 3.57. The number of hydrogen-bond donors (Lipinski definition) is 0. The van der Waals surface area contributed by atoms with Crippen LogP contribution in [0.15, 0.2) is 0 Å². The SMILES string of the molecule is CCC(C)C(=O)N(C)C.CCCCCCOC(=O)C(C)(C)CC. The highest BCUT2D eigenvalue weighted by atomic mass is 16.5. The Morgan fingerprint density at radius 2 is 1.61 bits per heavy atom. The van der Waals surface area contributed by atoms with E-state index in [9.17, 15) is 9.59 Å². The molecule has 1 amide bonds. The number of amides is 1. The van der Waals surface area contributed by atoms with Crippen LogP contribution in [0.25, 0.3) is 0 Å². The number of hydrogen-bond acceptors (Lipinski definition) is 3. The largest absolute Gasteiger partial charge is 0.465 e. The minimum Gasteiger partial charge on any atom is -0.465 e. The molecule has 0 aliphatic rings. The summed E-state index contributed by atoms with van der Waals surface area (Å²) in [6.45, 7) is 12.6. The summed E-state index contributed by atoms with van der Waals surface area (Å²) in [6.07, 6.45) is 6.37. The molecule has 0 fully saturated rings. The van der Waals surface area contributed by atoms with Crippen molar-refractivity contribution in [3.05, 3.63) is 0 Å². The van der Waals surface area contributed by atoms with Gasteiger partial charge in [0, 0.05) is 20.0 Å². The standard InChI is InChI=1S/C12H24O2.C7H15NO/c1-5-7-8-9-10-14-11(13)12(3,4)6-2;1-5-6(2)7(9)8(3)4/h5-10H2,1-4H3;6H,5H2,1-4H3. The molecule has 0 aliphatic carbocycles. The fourth-order valence-electron chi connectivity index (χ4n) is 1.65. The van der Waals surface area contributed by atoms with Crippen molar-refractivity contribution in [3.8, 4) is 0 Å². The van der Waals surface area contributed by atoms with E-state index >= 15 is 0 Å². The Bertz CT molecular complexity index is 325. The molecule has 0 bridgehead atoms. The van der Waals surface area contributed by atoms with Gasteiger partial charge in [0.25, 0.3) is 0 Å². The molecule has 1 atom stereocenters. The number of esters is 1. The molecule has 4 heteroatoms. The van der Waals surface area contributed by atoms with Crippen LogP contribution in [0.3, 0.4) is 0 Å². The van der Waals surface area contributed by atoms with E-state index in [4.69, 9.17) is 4.74 Å². The van der Waals surface area contributed by atoms with Crippen LogP contribution in [0.2, 0.25) is 0 Å². The molecular formula is C19H39NO3. The quantitative estimate of drug-likeness (QED) is 0.456. The lowest BCUT2D eigenvalue weighted by molar-refractivity contribution is -0.154. The number of carbonyl (C=O) groups is 2.